The molecule has 2 aromatic heterocycles. The van der Waals surface area contributed by atoms with Crippen LogP contribution in [0.4, 0.5) is 5.95 Å². The van der Waals surface area contributed by atoms with Crippen LogP contribution in [0.1, 0.15) is 31.2 Å². The molecule has 7 nitrogen and oxygen atoms in total. The van der Waals surface area contributed by atoms with Crippen LogP contribution in [0.25, 0.3) is 10.9 Å². The second-order valence-electron chi connectivity index (χ2n) is 7.15. The van der Waals surface area contributed by atoms with Crippen molar-refractivity contribution in [1.82, 2.24) is 19.7 Å². The van der Waals surface area contributed by atoms with Gasteiger partial charge in [-0.2, -0.15) is 4.98 Å². The van der Waals surface area contributed by atoms with E-state index in [1.165, 1.54) is 5.56 Å². The molecular formula is C22H23N5O2. The smallest absolute Gasteiger partial charge is 0.264 e. The van der Waals surface area contributed by atoms with Gasteiger partial charge in [0.05, 0.1) is 5.52 Å². The predicted molar refractivity (Wildman–Crippen MR) is 112 cm³/mol. The fourth-order valence-corrected chi connectivity index (χ4v) is 3.13. The van der Waals surface area contributed by atoms with Gasteiger partial charge in [0.25, 0.3) is 5.91 Å². The Bertz CT molecular complexity index is 1110. The Morgan fingerprint density at radius 3 is 2.72 bits per heavy atom. The number of carbonyl (C=O) groups is 1. The van der Waals surface area contributed by atoms with Gasteiger partial charge in [0, 0.05) is 24.0 Å². The van der Waals surface area contributed by atoms with Gasteiger partial charge < -0.3 is 9.30 Å². The molecule has 0 fully saturated rings. The molecule has 2 N–H and O–H groups in total. The Hall–Kier alpha value is -3.61. The highest BCUT2D eigenvalue weighted by Crippen LogP contribution is 2.27. The van der Waals surface area contributed by atoms with Crippen LogP contribution >= 0.6 is 0 Å². The SMILES string of the molecule is CC(C)c1nc(NC(=O)COc2cccc3c2ccn3Cc2ccccc2)n[nH]1. The average Bonchev–Trinajstić information content (AvgIpc) is 3.35. The van der Waals surface area contributed by atoms with E-state index < -0.39 is 0 Å². The van der Waals surface area contributed by atoms with Crippen LogP contribution in [-0.2, 0) is 11.3 Å². The van der Waals surface area contributed by atoms with Crippen molar-refractivity contribution in [3.05, 3.63) is 72.2 Å². The zero-order chi connectivity index (χ0) is 20.2. The molecule has 2 aromatic carbocycles. The van der Waals surface area contributed by atoms with Gasteiger partial charge in [-0.25, -0.2) is 0 Å². The topological polar surface area (TPSA) is 84.8 Å². The van der Waals surface area contributed by atoms with E-state index in [-0.39, 0.29) is 24.4 Å². The van der Waals surface area contributed by atoms with Gasteiger partial charge in [0.1, 0.15) is 11.6 Å². The molecule has 7 heteroatoms. The Kier molecular flexibility index (Phi) is 5.29. The summed E-state index contributed by atoms with van der Waals surface area (Å²) in [5, 5.41) is 10.4. The number of nitrogens with one attached hydrogen (secondary N) is 2. The molecular weight excluding hydrogens is 366 g/mol. The molecule has 0 aliphatic heterocycles. The highest BCUT2D eigenvalue weighted by molar-refractivity contribution is 5.91. The molecule has 0 unspecified atom stereocenters. The minimum Gasteiger partial charge on any atom is -0.483 e. The van der Waals surface area contributed by atoms with Crippen LogP contribution < -0.4 is 10.1 Å². The summed E-state index contributed by atoms with van der Waals surface area (Å²) in [5.41, 5.74) is 2.28. The van der Waals surface area contributed by atoms with Crippen molar-refractivity contribution in [2.75, 3.05) is 11.9 Å². The first kappa shape index (κ1) is 18.7. The summed E-state index contributed by atoms with van der Waals surface area (Å²) in [6.07, 6.45) is 2.03. The lowest BCUT2D eigenvalue weighted by molar-refractivity contribution is -0.118. The van der Waals surface area contributed by atoms with E-state index in [0.717, 1.165) is 23.3 Å². The highest BCUT2D eigenvalue weighted by atomic mass is 16.5. The molecule has 4 rings (SSSR count). The fraction of sp³-hybridized carbons (Fsp3) is 0.227. The molecule has 0 radical (unpaired) electrons. The molecule has 0 atom stereocenters. The van der Waals surface area contributed by atoms with Crippen molar-refractivity contribution in [3.8, 4) is 5.75 Å². The third-order valence-electron chi connectivity index (χ3n) is 4.63. The molecule has 148 valence electrons. The van der Waals surface area contributed by atoms with Crippen LogP contribution in [0.2, 0.25) is 0 Å². The van der Waals surface area contributed by atoms with Crippen LogP contribution in [0.5, 0.6) is 5.75 Å². The van der Waals surface area contributed by atoms with Gasteiger partial charge in [-0.3, -0.25) is 15.2 Å². The van der Waals surface area contributed by atoms with E-state index in [1.807, 2.05) is 62.5 Å². The quantitative estimate of drug-likeness (QED) is 0.501. The summed E-state index contributed by atoms with van der Waals surface area (Å²) in [5.74, 6) is 1.56. The van der Waals surface area contributed by atoms with Gasteiger partial charge in [-0.05, 0) is 23.8 Å². The standard InChI is InChI=1S/C22H23N5O2/c1-15(2)21-24-22(26-25-21)23-20(28)14-29-19-10-6-9-18-17(19)11-12-27(18)13-16-7-4-3-5-8-16/h3-12,15H,13-14H2,1-2H3,(H2,23,24,25,26,28). The molecule has 0 bridgehead atoms. The van der Waals surface area contributed by atoms with E-state index in [1.54, 1.807) is 0 Å². The van der Waals surface area contributed by atoms with E-state index in [2.05, 4.69) is 37.2 Å². The van der Waals surface area contributed by atoms with Gasteiger partial charge >= 0.3 is 0 Å². The predicted octanol–water partition coefficient (Wildman–Crippen LogP) is 3.95. The number of H-pyrrole nitrogens is 1. The van der Waals surface area contributed by atoms with Gasteiger partial charge in [-0.15, -0.1) is 5.10 Å². The minimum atomic E-state index is -0.306. The van der Waals surface area contributed by atoms with E-state index in [9.17, 15) is 4.79 Å². The number of rotatable bonds is 7. The lowest BCUT2D eigenvalue weighted by Gasteiger charge is -2.09. The molecule has 0 spiro atoms. The van der Waals surface area contributed by atoms with E-state index in [4.69, 9.17) is 4.74 Å². The normalized spacial score (nSPS) is 11.1. The molecule has 1 amide bonds. The first-order valence-electron chi connectivity index (χ1n) is 9.57. The van der Waals surface area contributed by atoms with Gasteiger partial charge in [-0.1, -0.05) is 50.2 Å². The van der Waals surface area contributed by atoms with Gasteiger partial charge in [0.2, 0.25) is 5.95 Å². The molecule has 0 aliphatic rings. The minimum absolute atomic E-state index is 0.117. The summed E-state index contributed by atoms with van der Waals surface area (Å²) in [6, 6.07) is 18.1. The number of ether oxygens (including phenoxy) is 1. The maximum atomic E-state index is 12.2. The average molecular weight is 389 g/mol. The van der Waals surface area contributed by atoms with E-state index >= 15 is 0 Å². The summed E-state index contributed by atoms with van der Waals surface area (Å²) in [6.45, 7) is 4.66. The number of aromatic amines is 1. The number of aromatic nitrogens is 4. The Morgan fingerprint density at radius 2 is 1.97 bits per heavy atom. The van der Waals surface area contributed by atoms with Crippen molar-refractivity contribution in [2.45, 2.75) is 26.3 Å². The number of hydrogen-bond acceptors (Lipinski definition) is 4. The summed E-state index contributed by atoms with van der Waals surface area (Å²) < 4.78 is 7.95. The Labute approximate surface area is 168 Å². The number of benzene rings is 2. The lowest BCUT2D eigenvalue weighted by Crippen LogP contribution is -2.21. The second kappa shape index (κ2) is 8.18. The molecule has 29 heavy (non-hydrogen) atoms. The van der Waals surface area contributed by atoms with Crippen molar-refractivity contribution >= 4 is 22.8 Å². The lowest BCUT2D eigenvalue weighted by atomic mass is 10.2. The largest absolute Gasteiger partial charge is 0.483 e. The van der Waals surface area contributed by atoms with Crippen molar-refractivity contribution in [2.24, 2.45) is 0 Å². The zero-order valence-electron chi connectivity index (χ0n) is 16.4. The maximum Gasteiger partial charge on any atom is 0.264 e. The second-order valence-corrected chi connectivity index (χ2v) is 7.15. The number of carbonyl (C=O) groups excluding carboxylic acids is 1. The third kappa shape index (κ3) is 4.29. The van der Waals surface area contributed by atoms with E-state index in [0.29, 0.717) is 5.75 Å². The molecule has 0 aliphatic carbocycles. The first-order valence-corrected chi connectivity index (χ1v) is 9.57. The van der Waals surface area contributed by atoms with Crippen molar-refractivity contribution in [1.29, 1.82) is 0 Å². The number of fused-ring (bicyclic) bond motifs is 1. The molecule has 0 saturated heterocycles. The van der Waals surface area contributed by atoms with Crippen LogP contribution in [0.15, 0.2) is 60.8 Å². The Morgan fingerprint density at radius 1 is 1.14 bits per heavy atom. The molecule has 0 saturated carbocycles. The Balaban J connectivity index is 1.43. The summed E-state index contributed by atoms with van der Waals surface area (Å²) in [4.78, 5) is 16.5. The van der Waals surface area contributed by atoms with Crippen molar-refractivity contribution in [3.63, 3.8) is 0 Å². The maximum absolute atomic E-state index is 12.2. The first-order chi connectivity index (χ1) is 14.1. The van der Waals surface area contributed by atoms with Crippen molar-refractivity contribution < 1.29 is 9.53 Å². The number of hydrogen-bond donors (Lipinski definition) is 2. The zero-order valence-corrected chi connectivity index (χ0v) is 16.4. The summed E-state index contributed by atoms with van der Waals surface area (Å²) >= 11 is 0. The molecule has 2 heterocycles. The monoisotopic (exact) mass is 389 g/mol. The molecule has 4 aromatic rings. The fourth-order valence-electron chi connectivity index (χ4n) is 3.13. The number of amides is 1. The number of anilines is 1. The number of nitrogens with zero attached hydrogens (tertiary/aromatic N) is 3. The summed E-state index contributed by atoms with van der Waals surface area (Å²) in [7, 11) is 0. The highest BCUT2D eigenvalue weighted by Gasteiger charge is 2.12. The van der Waals surface area contributed by atoms with Crippen LogP contribution in [-0.4, -0.2) is 32.3 Å². The van der Waals surface area contributed by atoms with Gasteiger partial charge in [0.15, 0.2) is 6.61 Å². The van der Waals surface area contributed by atoms with Crippen LogP contribution in [0, 0.1) is 0 Å². The third-order valence-corrected chi connectivity index (χ3v) is 4.63. The van der Waals surface area contributed by atoms with Crippen LogP contribution in [0.3, 0.4) is 0 Å².